The minimum absolute atomic E-state index is 0. The molecule has 0 aliphatic carbocycles. The third kappa shape index (κ3) is 17.0. The standard InChI is InChI=1S/C20H28N10O19P4.4Na.6H2O/c21-15-9-17(25-3-23-15)29(5-27-9)19-13(33)11(31)7(45-19)1-43-50(35,36)47-52(39,40)49-53(41,42)48-51(37,38)44-2-8-12(32)14(34)20(46-8)30-6-28-10-16(22)24-4-26-18(10)30;;;;;;;;;;/h3-8,11-14,19-20,31-34H,1-2H2,(H,35,36)(H,37,38)(H,39,40)(H,41,42)(H2,21,23,25)(H2,22,24,26);;;;;6*1H2/q;4*+1;;;;;;/p-4/t7-,8-,11-,12-,13-,14-,19-,20-;;;;;;;;;;/m1........../s1. The van der Waals surface area contributed by atoms with Gasteiger partial charge in [0.1, 0.15) is 60.3 Å². The van der Waals surface area contributed by atoms with Gasteiger partial charge in [0.25, 0.3) is 31.3 Å². The molecule has 6 rings (SSSR count). The second-order valence-corrected chi connectivity index (χ2v) is 16.9. The Bertz CT molecular complexity index is 2070. The molecule has 4 aromatic heterocycles. The molecule has 0 bridgehead atoms. The van der Waals surface area contributed by atoms with Crippen molar-refractivity contribution in [2.45, 2.75) is 49.1 Å². The molecule has 2 fully saturated rings. The molecule has 2 saturated heterocycles. The van der Waals surface area contributed by atoms with Crippen molar-refractivity contribution < 1.29 is 241 Å². The van der Waals surface area contributed by atoms with Crippen LogP contribution in [0.2, 0.25) is 0 Å². The molecule has 0 spiro atoms. The molecule has 20 N–H and O–H groups in total. The predicted octanol–water partition coefficient (Wildman–Crippen LogP) is -21.9. The van der Waals surface area contributed by atoms with E-state index in [9.17, 15) is 58.3 Å². The van der Waals surface area contributed by atoms with Gasteiger partial charge in [0.15, 0.2) is 35.4 Å². The number of phosphoric ester groups is 2. The van der Waals surface area contributed by atoms with Crippen LogP contribution in [0.15, 0.2) is 25.3 Å². The van der Waals surface area contributed by atoms with Crippen LogP contribution >= 0.6 is 31.3 Å². The number of imidazole rings is 2. The molecule has 0 amide bonds. The number of aliphatic hydroxyl groups is 4. The zero-order valence-corrected chi connectivity index (χ0v) is 44.4. The fourth-order valence-corrected chi connectivity index (χ4v) is 9.83. The number of nitrogens with two attached hydrogens (primary N) is 2. The van der Waals surface area contributed by atoms with Gasteiger partial charge in [-0.05, 0) is 0 Å². The number of fused-ring (bicyclic) bond motifs is 2. The van der Waals surface area contributed by atoms with Crippen LogP contribution in [0.1, 0.15) is 12.5 Å². The van der Waals surface area contributed by atoms with Crippen LogP contribution in [-0.4, -0.2) is 142 Å². The van der Waals surface area contributed by atoms with E-state index in [1.165, 1.54) is 0 Å². The van der Waals surface area contributed by atoms with E-state index in [1.54, 1.807) is 0 Å². The molecule has 12 atom stereocenters. The Morgan fingerprint density at radius 2 is 0.841 bits per heavy atom. The fraction of sp³-hybridized carbons (Fsp3) is 0.500. The van der Waals surface area contributed by atoms with E-state index in [0.717, 1.165) is 34.4 Å². The van der Waals surface area contributed by atoms with Crippen molar-refractivity contribution in [3.05, 3.63) is 25.3 Å². The number of anilines is 2. The van der Waals surface area contributed by atoms with Crippen LogP contribution in [0.25, 0.3) is 22.3 Å². The SMILES string of the molecule is Nc1ncnc2c1ncn2[C@@H]1O[C@H](COP(=O)([O-])OP(=O)([O-])OP(=O)([O-])OP(=O)([O-])OC[C@H]2O[C@@H](n3cnc4c(N)ncnc43)[C@H](O)[C@@H]2O)[C@@H](O)[C@H]1O.O.O.O.O.O.O.[Na+].[Na+].[Na+].[Na+]. The van der Waals surface area contributed by atoms with Crippen LogP contribution in [0, 0.1) is 0 Å². The molecule has 340 valence electrons. The molecule has 63 heavy (non-hydrogen) atoms. The normalized spacial score (nSPS) is 26.0. The summed E-state index contributed by atoms with van der Waals surface area (Å²) in [5.41, 5.74) is 11.7. The summed E-state index contributed by atoms with van der Waals surface area (Å²) in [6.45, 7) is -2.45. The molecule has 43 heteroatoms. The summed E-state index contributed by atoms with van der Waals surface area (Å²) >= 11 is 0. The summed E-state index contributed by atoms with van der Waals surface area (Å²) < 4.78 is 81.2. The average Bonchev–Trinajstić information content (AvgIpc) is 3.80. The van der Waals surface area contributed by atoms with Crippen LogP contribution in [0.4, 0.5) is 11.6 Å². The molecule has 4 aromatic rings. The Kier molecular flexibility index (Phi) is 32.9. The van der Waals surface area contributed by atoms with Crippen LogP contribution in [-0.2, 0) is 49.7 Å². The quantitative estimate of drug-likeness (QED) is 0.0504. The molecule has 2 aliphatic heterocycles. The topological polar surface area (TPSA) is 634 Å². The molecule has 35 nitrogen and oxygen atoms in total. The van der Waals surface area contributed by atoms with Gasteiger partial charge in [0.05, 0.1) is 25.9 Å². The molecule has 4 unspecified atom stereocenters. The first-order valence-electron chi connectivity index (χ1n) is 14.2. The van der Waals surface area contributed by atoms with Crippen molar-refractivity contribution in [2.24, 2.45) is 0 Å². The van der Waals surface area contributed by atoms with E-state index in [0.29, 0.717) is 0 Å². The Morgan fingerprint density at radius 3 is 1.16 bits per heavy atom. The van der Waals surface area contributed by atoms with Gasteiger partial charge in [-0.15, -0.1) is 0 Å². The van der Waals surface area contributed by atoms with E-state index in [1.807, 2.05) is 0 Å². The largest absolute Gasteiger partial charge is 1.00 e. The summed E-state index contributed by atoms with van der Waals surface area (Å²) in [5, 5.41) is 41.6. The van der Waals surface area contributed by atoms with Crippen molar-refractivity contribution in [1.82, 2.24) is 39.0 Å². The molecule has 0 aromatic carbocycles. The maximum atomic E-state index is 12.2. The summed E-state index contributed by atoms with van der Waals surface area (Å²) in [6.07, 6.45) is -9.15. The monoisotopic (exact) mass is 1030 g/mol. The first-order valence-corrected chi connectivity index (χ1v) is 20.1. The molecular weight excluding hydrogens is 996 g/mol. The second-order valence-electron chi connectivity index (χ2n) is 10.9. The fourth-order valence-electron chi connectivity index (χ4n) is 5.08. The molecule has 6 heterocycles. The molecular formula is C20H36N10Na4O25P4. The number of hydrogen-bond acceptors (Lipinski definition) is 27. The van der Waals surface area contributed by atoms with Crippen LogP contribution in [0.3, 0.4) is 0 Å². The number of aliphatic hydroxyl groups excluding tert-OH is 4. The first kappa shape index (κ1) is 72.8. The minimum Gasteiger partial charge on any atom is -0.756 e. The predicted molar refractivity (Wildman–Crippen MR) is 179 cm³/mol. The van der Waals surface area contributed by atoms with Gasteiger partial charge < -0.3 is 103 Å². The Labute approximate surface area is 439 Å². The third-order valence-electron chi connectivity index (χ3n) is 7.39. The summed E-state index contributed by atoms with van der Waals surface area (Å²) in [4.78, 5) is 72.0. The summed E-state index contributed by atoms with van der Waals surface area (Å²) in [5.74, 6) is -0.0726. The number of nitrogen functional groups attached to an aromatic ring is 2. The van der Waals surface area contributed by atoms with E-state index in [2.05, 4.69) is 51.9 Å². The number of hydrogen-bond donors (Lipinski definition) is 6. The van der Waals surface area contributed by atoms with E-state index in [-0.39, 0.29) is 185 Å². The molecule has 0 saturated carbocycles. The van der Waals surface area contributed by atoms with E-state index >= 15 is 0 Å². The Hall–Kier alpha value is 0.780. The molecule has 0 radical (unpaired) electrons. The van der Waals surface area contributed by atoms with E-state index < -0.39 is 93.6 Å². The van der Waals surface area contributed by atoms with Crippen molar-refractivity contribution in [2.75, 3.05) is 24.7 Å². The van der Waals surface area contributed by atoms with Gasteiger partial charge in [0.2, 0.25) is 0 Å². The zero-order chi connectivity index (χ0) is 38.7. The minimum atomic E-state index is -6.60. The number of aromatic nitrogens is 8. The Balaban J connectivity index is -0.00000112. The van der Waals surface area contributed by atoms with Gasteiger partial charge >= 0.3 is 118 Å². The molecule has 2 aliphatic rings. The number of phosphoric acid groups is 4. The zero-order valence-electron chi connectivity index (χ0n) is 32.8. The van der Waals surface area contributed by atoms with Crippen LogP contribution < -0.4 is 149 Å². The third-order valence-corrected chi connectivity index (χ3v) is 13.1. The number of rotatable bonds is 14. The van der Waals surface area contributed by atoms with Crippen molar-refractivity contribution >= 4 is 65.3 Å². The van der Waals surface area contributed by atoms with Crippen LogP contribution in [0.5, 0.6) is 0 Å². The maximum Gasteiger partial charge on any atom is 1.00 e. The van der Waals surface area contributed by atoms with Gasteiger partial charge in [0, 0.05) is 0 Å². The van der Waals surface area contributed by atoms with Crippen molar-refractivity contribution in [3.8, 4) is 0 Å². The van der Waals surface area contributed by atoms with Gasteiger partial charge in [-0.2, -0.15) is 0 Å². The smallest absolute Gasteiger partial charge is 0.756 e. The maximum absolute atomic E-state index is 12.2. The summed E-state index contributed by atoms with van der Waals surface area (Å²) in [7, 11) is -25.4. The summed E-state index contributed by atoms with van der Waals surface area (Å²) in [6, 6.07) is 0. The van der Waals surface area contributed by atoms with E-state index in [4.69, 9.17) is 20.9 Å². The second kappa shape index (κ2) is 28.4. The Morgan fingerprint density at radius 1 is 0.540 bits per heavy atom. The number of nitrogens with zero attached hydrogens (tertiary/aromatic N) is 8. The van der Waals surface area contributed by atoms with Crippen molar-refractivity contribution in [3.63, 3.8) is 0 Å². The van der Waals surface area contributed by atoms with Gasteiger partial charge in [-0.25, -0.2) is 42.8 Å². The van der Waals surface area contributed by atoms with Crippen molar-refractivity contribution in [1.29, 1.82) is 0 Å². The first-order chi connectivity index (χ1) is 24.7. The van der Waals surface area contributed by atoms with Gasteiger partial charge in [-0.3, -0.25) is 27.4 Å². The van der Waals surface area contributed by atoms with Gasteiger partial charge in [-0.1, -0.05) is 0 Å². The average molecular weight is 1030 g/mol. The number of ether oxygens (including phenoxy) is 2.